The third kappa shape index (κ3) is 6.26. The minimum Gasteiger partial charge on any atom is -0.493 e. The molecule has 0 saturated heterocycles. The summed E-state index contributed by atoms with van der Waals surface area (Å²) in [5.74, 6) is 1.90. The Labute approximate surface area is 194 Å². The van der Waals surface area contributed by atoms with E-state index in [0.717, 1.165) is 12.0 Å². The van der Waals surface area contributed by atoms with Gasteiger partial charge in [0.25, 0.3) is 0 Å². The van der Waals surface area contributed by atoms with Crippen LogP contribution in [0.1, 0.15) is 27.3 Å². The average molecular weight is 454 g/mol. The lowest BCUT2D eigenvalue weighted by Crippen LogP contribution is -2.32. The maximum Gasteiger partial charge on any atom is 0.223 e. The van der Waals surface area contributed by atoms with Gasteiger partial charge in [-0.25, -0.2) is 0 Å². The van der Waals surface area contributed by atoms with Crippen LogP contribution >= 0.6 is 11.3 Å². The first-order valence-electron chi connectivity index (χ1n) is 10.7. The molecular formula is C26H31NO4S. The molecule has 0 aliphatic carbocycles. The van der Waals surface area contributed by atoms with E-state index in [0.29, 0.717) is 43.2 Å². The maximum absolute atomic E-state index is 13.2. The molecule has 0 fully saturated rings. The second-order valence-electron chi connectivity index (χ2n) is 7.60. The summed E-state index contributed by atoms with van der Waals surface area (Å²) < 4.78 is 16.3. The number of ether oxygens (including phenoxy) is 3. The van der Waals surface area contributed by atoms with Gasteiger partial charge in [-0.15, -0.1) is 11.3 Å². The molecular weight excluding hydrogens is 422 g/mol. The number of methoxy groups -OCH3 is 3. The van der Waals surface area contributed by atoms with Gasteiger partial charge in [0.2, 0.25) is 11.7 Å². The van der Waals surface area contributed by atoms with Gasteiger partial charge in [-0.3, -0.25) is 4.79 Å². The molecule has 1 amide bonds. The third-order valence-electron chi connectivity index (χ3n) is 5.36. The van der Waals surface area contributed by atoms with E-state index in [2.05, 4.69) is 31.2 Å². The molecule has 3 rings (SSSR count). The monoisotopic (exact) mass is 453 g/mol. The fourth-order valence-electron chi connectivity index (χ4n) is 3.65. The van der Waals surface area contributed by atoms with Crippen molar-refractivity contribution in [3.8, 4) is 17.2 Å². The van der Waals surface area contributed by atoms with Crippen LogP contribution in [0.2, 0.25) is 0 Å². The predicted molar refractivity (Wildman–Crippen MR) is 129 cm³/mol. The zero-order valence-electron chi connectivity index (χ0n) is 19.2. The Morgan fingerprint density at radius 1 is 0.875 bits per heavy atom. The first-order chi connectivity index (χ1) is 15.5. The van der Waals surface area contributed by atoms with Gasteiger partial charge < -0.3 is 19.1 Å². The number of amides is 1. The molecule has 3 aromatic rings. The van der Waals surface area contributed by atoms with Crippen LogP contribution in [0.15, 0.2) is 54.6 Å². The third-order valence-corrected chi connectivity index (χ3v) is 6.35. The first kappa shape index (κ1) is 23.7. The van der Waals surface area contributed by atoms with Gasteiger partial charge in [-0.1, -0.05) is 30.3 Å². The van der Waals surface area contributed by atoms with Crippen molar-refractivity contribution in [2.45, 2.75) is 32.7 Å². The van der Waals surface area contributed by atoms with Crippen molar-refractivity contribution in [3.05, 3.63) is 75.5 Å². The minimum atomic E-state index is 0.140. The molecule has 1 heterocycles. The van der Waals surface area contributed by atoms with Crippen molar-refractivity contribution in [2.75, 3.05) is 27.9 Å². The van der Waals surface area contributed by atoms with E-state index in [1.54, 1.807) is 32.7 Å². The molecule has 0 saturated carbocycles. The summed E-state index contributed by atoms with van der Waals surface area (Å²) in [4.78, 5) is 17.7. The lowest BCUT2D eigenvalue weighted by Gasteiger charge is -2.23. The normalized spacial score (nSPS) is 10.6. The molecule has 2 aromatic carbocycles. The molecule has 0 N–H and O–H groups in total. The zero-order chi connectivity index (χ0) is 22.9. The number of thiophene rings is 1. The number of hydrogen-bond acceptors (Lipinski definition) is 5. The molecule has 0 aliphatic rings. The average Bonchev–Trinajstić information content (AvgIpc) is 3.24. The highest BCUT2D eigenvalue weighted by atomic mass is 32.1. The number of rotatable bonds is 11. The van der Waals surface area contributed by atoms with E-state index in [9.17, 15) is 4.79 Å². The Bertz CT molecular complexity index is 991. The minimum absolute atomic E-state index is 0.140. The van der Waals surface area contributed by atoms with Crippen molar-refractivity contribution in [1.29, 1.82) is 0 Å². The van der Waals surface area contributed by atoms with Crippen molar-refractivity contribution in [1.82, 2.24) is 4.90 Å². The van der Waals surface area contributed by atoms with E-state index >= 15 is 0 Å². The molecule has 0 aliphatic heterocycles. The standard InChI is InChI=1S/C26H31NO4S/c1-19-10-12-22(32-19)18-27(15-14-20-8-6-5-7-9-20)25(28)13-11-21-16-23(29-2)26(31-4)24(17-21)30-3/h5-10,12,16-17H,11,13-15,18H2,1-4H3. The van der Waals surface area contributed by atoms with Crippen molar-refractivity contribution in [2.24, 2.45) is 0 Å². The van der Waals surface area contributed by atoms with E-state index in [-0.39, 0.29) is 5.91 Å². The lowest BCUT2D eigenvalue weighted by molar-refractivity contribution is -0.131. The van der Waals surface area contributed by atoms with E-state index in [4.69, 9.17) is 14.2 Å². The summed E-state index contributed by atoms with van der Waals surface area (Å²) in [6, 6.07) is 18.3. The highest BCUT2D eigenvalue weighted by Gasteiger charge is 2.17. The van der Waals surface area contributed by atoms with Crippen LogP contribution in [-0.2, 0) is 24.2 Å². The molecule has 6 heteroatoms. The topological polar surface area (TPSA) is 48.0 Å². The van der Waals surface area contributed by atoms with E-state index < -0.39 is 0 Å². The van der Waals surface area contributed by atoms with Crippen LogP contribution in [0.4, 0.5) is 0 Å². The van der Waals surface area contributed by atoms with Gasteiger partial charge in [0, 0.05) is 22.7 Å². The Balaban J connectivity index is 1.71. The molecule has 0 unspecified atom stereocenters. The van der Waals surface area contributed by atoms with Gasteiger partial charge in [0.15, 0.2) is 11.5 Å². The van der Waals surface area contributed by atoms with E-state index in [1.807, 2.05) is 35.2 Å². The van der Waals surface area contributed by atoms with E-state index in [1.165, 1.54) is 15.3 Å². The Morgan fingerprint density at radius 2 is 1.56 bits per heavy atom. The number of hydrogen-bond donors (Lipinski definition) is 0. The summed E-state index contributed by atoms with van der Waals surface area (Å²) in [6.45, 7) is 3.42. The van der Waals surface area contributed by atoms with Crippen molar-refractivity contribution >= 4 is 17.2 Å². The number of nitrogens with zero attached hydrogens (tertiary/aromatic N) is 1. The van der Waals surface area contributed by atoms with Gasteiger partial charge in [0.1, 0.15) is 0 Å². The number of carbonyl (C=O) groups is 1. The number of benzene rings is 2. The molecule has 0 atom stereocenters. The number of carbonyl (C=O) groups excluding carboxylic acids is 1. The van der Waals surface area contributed by atoms with Crippen LogP contribution in [-0.4, -0.2) is 38.7 Å². The van der Waals surface area contributed by atoms with Crippen LogP contribution < -0.4 is 14.2 Å². The van der Waals surface area contributed by atoms with Gasteiger partial charge in [0.05, 0.1) is 27.9 Å². The van der Waals surface area contributed by atoms with Gasteiger partial charge >= 0.3 is 0 Å². The first-order valence-corrected chi connectivity index (χ1v) is 11.5. The van der Waals surface area contributed by atoms with Crippen molar-refractivity contribution in [3.63, 3.8) is 0 Å². The smallest absolute Gasteiger partial charge is 0.223 e. The molecule has 0 spiro atoms. The Kier molecular flexibility index (Phi) is 8.56. The highest BCUT2D eigenvalue weighted by Crippen LogP contribution is 2.38. The van der Waals surface area contributed by atoms with Crippen LogP contribution in [0.25, 0.3) is 0 Å². The molecule has 0 radical (unpaired) electrons. The quantitative estimate of drug-likeness (QED) is 0.396. The SMILES string of the molecule is COc1cc(CCC(=O)N(CCc2ccccc2)Cc2ccc(C)s2)cc(OC)c1OC. The lowest BCUT2D eigenvalue weighted by atomic mass is 10.1. The maximum atomic E-state index is 13.2. The molecule has 1 aromatic heterocycles. The van der Waals surface area contributed by atoms with Gasteiger partial charge in [-0.05, 0) is 55.2 Å². The van der Waals surface area contributed by atoms with Crippen molar-refractivity contribution < 1.29 is 19.0 Å². The molecule has 32 heavy (non-hydrogen) atoms. The van der Waals surface area contributed by atoms with Crippen LogP contribution in [0.3, 0.4) is 0 Å². The second kappa shape index (κ2) is 11.6. The fraction of sp³-hybridized carbons (Fsp3) is 0.346. The summed E-state index contributed by atoms with van der Waals surface area (Å²) in [5, 5.41) is 0. The van der Waals surface area contributed by atoms with Gasteiger partial charge in [-0.2, -0.15) is 0 Å². The number of aryl methyl sites for hydroxylation is 2. The van der Waals surface area contributed by atoms with Crippen LogP contribution in [0, 0.1) is 6.92 Å². The second-order valence-corrected chi connectivity index (χ2v) is 8.97. The summed E-state index contributed by atoms with van der Waals surface area (Å²) >= 11 is 1.74. The fourth-order valence-corrected chi connectivity index (χ4v) is 4.55. The summed E-state index contributed by atoms with van der Waals surface area (Å²) in [5.41, 5.74) is 2.21. The van der Waals surface area contributed by atoms with Crippen LogP contribution in [0.5, 0.6) is 17.2 Å². The molecule has 5 nitrogen and oxygen atoms in total. The molecule has 0 bridgehead atoms. The predicted octanol–water partition coefficient (Wildman–Crippen LogP) is 5.29. The largest absolute Gasteiger partial charge is 0.493 e. The summed E-state index contributed by atoms with van der Waals surface area (Å²) in [7, 11) is 4.78. The Morgan fingerprint density at radius 3 is 2.12 bits per heavy atom. The zero-order valence-corrected chi connectivity index (χ0v) is 20.0. The summed E-state index contributed by atoms with van der Waals surface area (Å²) in [6.07, 6.45) is 1.85. The molecule has 170 valence electrons. The highest BCUT2D eigenvalue weighted by molar-refractivity contribution is 7.11. The Hall–Kier alpha value is -2.99.